The molecule has 3 aromatic rings. The molecule has 0 bridgehead atoms. The van der Waals surface area contributed by atoms with Gasteiger partial charge in [0.2, 0.25) is 10.0 Å². The molecular formula is C22H21NO3S. The van der Waals surface area contributed by atoms with E-state index in [0.717, 1.165) is 11.1 Å². The molecule has 5 heteroatoms. The molecule has 0 amide bonds. The Kier molecular flexibility index (Phi) is 5.84. The topological polar surface area (TPSA) is 63.2 Å². The summed E-state index contributed by atoms with van der Waals surface area (Å²) in [5.41, 5.74) is 2.42. The highest BCUT2D eigenvalue weighted by Crippen LogP contribution is 2.22. The maximum atomic E-state index is 12.9. The van der Waals surface area contributed by atoms with Gasteiger partial charge < -0.3 is 0 Å². The zero-order valence-electron chi connectivity index (χ0n) is 15.0. The van der Waals surface area contributed by atoms with Gasteiger partial charge in [0.15, 0.2) is 5.78 Å². The maximum absolute atomic E-state index is 12.9. The summed E-state index contributed by atoms with van der Waals surface area (Å²) in [6, 6.07) is 24.9. The van der Waals surface area contributed by atoms with E-state index in [1.165, 1.54) is 31.2 Å². The van der Waals surface area contributed by atoms with Gasteiger partial charge in [0.1, 0.15) is 0 Å². The summed E-state index contributed by atoms with van der Waals surface area (Å²) in [4.78, 5) is 11.5. The fourth-order valence-corrected chi connectivity index (χ4v) is 4.11. The molecule has 0 aliphatic carbocycles. The van der Waals surface area contributed by atoms with E-state index in [2.05, 4.69) is 4.72 Å². The highest BCUT2D eigenvalue weighted by atomic mass is 32.2. The Morgan fingerprint density at radius 2 is 1.41 bits per heavy atom. The van der Waals surface area contributed by atoms with Crippen LogP contribution in [0.15, 0.2) is 89.8 Å². The van der Waals surface area contributed by atoms with Crippen LogP contribution in [0.4, 0.5) is 0 Å². The Labute approximate surface area is 159 Å². The zero-order valence-corrected chi connectivity index (χ0v) is 15.8. The van der Waals surface area contributed by atoms with Crippen LogP contribution in [0.2, 0.25) is 0 Å². The number of hydrogen-bond acceptors (Lipinski definition) is 3. The van der Waals surface area contributed by atoms with Crippen molar-refractivity contribution in [1.29, 1.82) is 0 Å². The molecule has 27 heavy (non-hydrogen) atoms. The second-order valence-electron chi connectivity index (χ2n) is 6.35. The summed E-state index contributed by atoms with van der Waals surface area (Å²) in [6.07, 6.45) is 0.537. The first kappa shape index (κ1) is 19.0. The predicted octanol–water partition coefficient (Wildman–Crippen LogP) is 4.15. The van der Waals surface area contributed by atoms with Gasteiger partial charge in [0, 0.05) is 5.56 Å². The molecule has 0 saturated carbocycles. The fraction of sp³-hybridized carbons (Fsp3) is 0.136. The van der Waals surface area contributed by atoms with Crippen molar-refractivity contribution in [1.82, 2.24) is 4.72 Å². The van der Waals surface area contributed by atoms with E-state index in [0.29, 0.717) is 12.0 Å². The lowest BCUT2D eigenvalue weighted by Gasteiger charge is -2.19. The number of sulfonamides is 1. The third-order valence-electron chi connectivity index (χ3n) is 4.35. The maximum Gasteiger partial charge on any atom is 0.241 e. The molecule has 0 aliphatic heterocycles. The SMILES string of the molecule is CC(=O)c1ccc(S(=O)(=O)N[C@@H](Cc2ccccc2)c2ccccc2)cc1. The molecule has 0 unspecified atom stereocenters. The Morgan fingerprint density at radius 1 is 0.852 bits per heavy atom. The molecular weight excluding hydrogens is 358 g/mol. The van der Waals surface area contributed by atoms with Crippen molar-refractivity contribution in [2.45, 2.75) is 24.3 Å². The lowest BCUT2D eigenvalue weighted by atomic mass is 10.00. The number of ketones is 1. The van der Waals surface area contributed by atoms with Crippen molar-refractivity contribution in [2.75, 3.05) is 0 Å². The van der Waals surface area contributed by atoms with Crippen LogP contribution in [0, 0.1) is 0 Å². The molecule has 0 fully saturated rings. The van der Waals surface area contributed by atoms with Crippen molar-refractivity contribution >= 4 is 15.8 Å². The molecule has 1 atom stereocenters. The zero-order chi connectivity index (χ0) is 19.3. The molecule has 0 spiro atoms. The van der Waals surface area contributed by atoms with E-state index in [9.17, 15) is 13.2 Å². The van der Waals surface area contributed by atoms with Gasteiger partial charge >= 0.3 is 0 Å². The first-order valence-corrected chi connectivity index (χ1v) is 10.2. The van der Waals surface area contributed by atoms with Crippen LogP contribution in [0.5, 0.6) is 0 Å². The Balaban J connectivity index is 1.89. The number of carbonyl (C=O) groups excluding carboxylic acids is 1. The first-order chi connectivity index (χ1) is 13.0. The molecule has 1 N–H and O–H groups in total. The van der Waals surface area contributed by atoms with Crippen LogP contribution in [-0.2, 0) is 16.4 Å². The van der Waals surface area contributed by atoms with Crippen LogP contribution in [0.1, 0.15) is 34.5 Å². The number of carbonyl (C=O) groups is 1. The number of Topliss-reactive ketones (excluding diaryl/α,β-unsaturated/α-hetero) is 1. The van der Waals surface area contributed by atoms with E-state index >= 15 is 0 Å². The molecule has 4 nitrogen and oxygen atoms in total. The van der Waals surface area contributed by atoms with Crippen LogP contribution in [0.25, 0.3) is 0 Å². The highest BCUT2D eigenvalue weighted by Gasteiger charge is 2.22. The summed E-state index contributed by atoms with van der Waals surface area (Å²) in [5.74, 6) is -0.0989. The fourth-order valence-electron chi connectivity index (χ4n) is 2.89. The Bertz CT molecular complexity index is 998. The minimum Gasteiger partial charge on any atom is -0.295 e. The van der Waals surface area contributed by atoms with Crippen LogP contribution in [0.3, 0.4) is 0 Å². The van der Waals surface area contributed by atoms with E-state index < -0.39 is 16.1 Å². The predicted molar refractivity (Wildman–Crippen MR) is 106 cm³/mol. The third-order valence-corrected chi connectivity index (χ3v) is 5.84. The standard InChI is InChI=1S/C22H21NO3S/c1-17(24)19-12-14-21(15-13-19)27(25,26)23-22(20-10-6-3-7-11-20)16-18-8-4-2-5-9-18/h2-15,22-23H,16H2,1H3/t22-/m0/s1. The van der Waals surface area contributed by atoms with Gasteiger partial charge in [-0.15, -0.1) is 0 Å². The minimum atomic E-state index is -3.73. The molecule has 0 radical (unpaired) electrons. The van der Waals surface area contributed by atoms with E-state index in [4.69, 9.17) is 0 Å². The van der Waals surface area contributed by atoms with Crippen molar-refractivity contribution in [3.05, 3.63) is 102 Å². The lowest BCUT2D eigenvalue weighted by molar-refractivity contribution is 0.101. The lowest BCUT2D eigenvalue weighted by Crippen LogP contribution is -2.30. The van der Waals surface area contributed by atoms with Crippen LogP contribution < -0.4 is 4.72 Å². The monoisotopic (exact) mass is 379 g/mol. The molecule has 0 heterocycles. The second-order valence-corrected chi connectivity index (χ2v) is 8.07. The number of benzene rings is 3. The smallest absolute Gasteiger partial charge is 0.241 e. The molecule has 0 saturated heterocycles. The minimum absolute atomic E-state index is 0.0989. The van der Waals surface area contributed by atoms with E-state index in [-0.39, 0.29) is 10.7 Å². The highest BCUT2D eigenvalue weighted by molar-refractivity contribution is 7.89. The van der Waals surface area contributed by atoms with Crippen LogP contribution in [-0.4, -0.2) is 14.2 Å². The van der Waals surface area contributed by atoms with Gasteiger partial charge in [0.25, 0.3) is 0 Å². The summed E-state index contributed by atoms with van der Waals surface area (Å²) >= 11 is 0. The Morgan fingerprint density at radius 3 is 1.96 bits per heavy atom. The number of rotatable bonds is 7. The quantitative estimate of drug-likeness (QED) is 0.627. The van der Waals surface area contributed by atoms with E-state index in [1.54, 1.807) is 0 Å². The summed E-state index contributed by atoms with van der Waals surface area (Å²) < 4.78 is 28.6. The van der Waals surface area contributed by atoms with Gasteiger partial charge in [-0.1, -0.05) is 72.8 Å². The van der Waals surface area contributed by atoms with Crippen molar-refractivity contribution in [2.24, 2.45) is 0 Å². The van der Waals surface area contributed by atoms with E-state index in [1.807, 2.05) is 60.7 Å². The van der Waals surface area contributed by atoms with Crippen molar-refractivity contribution < 1.29 is 13.2 Å². The molecule has 3 rings (SSSR count). The van der Waals surface area contributed by atoms with Gasteiger partial charge in [-0.05, 0) is 36.6 Å². The number of nitrogens with one attached hydrogen (secondary N) is 1. The van der Waals surface area contributed by atoms with Gasteiger partial charge in [-0.2, -0.15) is 0 Å². The number of hydrogen-bond donors (Lipinski definition) is 1. The molecule has 138 valence electrons. The van der Waals surface area contributed by atoms with Crippen molar-refractivity contribution in [3.8, 4) is 0 Å². The first-order valence-electron chi connectivity index (χ1n) is 8.68. The van der Waals surface area contributed by atoms with Gasteiger partial charge in [0.05, 0.1) is 10.9 Å². The molecule has 0 aliphatic rings. The third kappa shape index (κ3) is 4.90. The van der Waals surface area contributed by atoms with Crippen molar-refractivity contribution in [3.63, 3.8) is 0 Å². The van der Waals surface area contributed by atoms with Crippen LogP contribution >= 0.6 is 0 Å². The average molecular weight is 379 g/mol. The summed E-state index contributed by atoms with van der Waals surface area (Å²) in [5, 5.41) is 0. The summed E-state index contributed by atoms with van der Waals surface area (Å²) in [7, 11) is -3.73. The Hall–Kier alpha value is -2.76. The largest absolute Gasteiger partial charge is 0.295 e. The summed E-state index contributed by atoms with van der Waals surface area (Å²) in [6.45, 7) is 1.45. The van der Waals surface area contributed by atoms with Gasteiger partial charge in [-0.25, -0.2) is 13.1 Å². The molecule has 3 aromatic carbocycles. The van der Waals surface area contributed by atoms with Gasteiger partial charge in [-0.3, -0.25) is 4.79 Å². The second kappa shape index (κ2) is 8.29. The molecule has 0 aromatic heterocycles. The average Bonchev–Trinajstić information content (AvgIpc) is 2.69. The normalized spacial score (nSPS) is 12.5.